The minimum absolute atomic E-state index is 0. The molecule has 0 N–H and O–H groups in total. The summed E-state index contributed by atoms with van der Waals surface area (Å²) in [6.45, 7) is 2.71. The molecule has 1 aliphatic heterocycles. The molecule has 232 valence electrons. The Bertz CT molecular complexity index is 1550. The minimum Gasteiger partial charge on any atom is -0.524 e. The van der Waals surface area contributed by atoms with Crippen LogP contribution in [0.2, 0.25) is 0 Å². The Hall–Kier alpha value is 0.326. The van der Waals surface area contributed by atoms with Crippen LogP contribution in [0.1, 0.15) is 24.3 Å². The van der Waals surface area contributed by atoms with Gasteiger partial charge >= 0.3 is 12.5 Å². The number of rotatable bonds is 7. The van der Waals surface area contributed by atoms with Crippen LogP contribution in [0.3, 0.4) is 0 Å². The molecule has 4 radical (unpaired) electrons. The van der Waals surface area contributed by atoms with Gasteiger partial charge in [0.15, 0.2) is 12.0 Å². The molecule has 0 bridgehead atoms. The molecular formula is C31H19F7O4Y4-4. The molecule has 0 saturated carbocycles. The van der Waals surface area contributed by atoms with Gasteiger partial charge in [0.25, 0.3) is 0 Å². The van der Waals surface area contributed by atoms with Crippen molar-refractivity contribution in [2.75, 3.05) is 13.2 Å². The van der Waals surface area contributed by atoms with E-state index in [-0.39, 0.29) is 159 Å². The molecule has 1 fully saturated rings. The number of ether oxygens (including phenoxy) is 4. The van der Waals surface area contributed by atoms with E-state index in [1.165, 1.54) is 24.3 Å². The summed E-state index contributed by atoms with van der Waals surface area (Å²) in [5.41, 5.74) is 0.511. The molecule has 0 amide bonds. The van der Waals surface area contributed by atoms with Gasteiger partial charge in [0.1, 0.15) is 11.6 Å². The summed E-state index contributed by atoms with van der Waals surface area (Å²) in [5.74, 6) is -3.55. The second kappa shape index (κ2) is 19.1. The van der Waals surface area contributed by atoms with E-state index in [1.54, 1.807) is 0 Å². The third-order valence-corrected chi connectivity index (χ3v) is 6.09. The molecule has 5 rings (SSSR count). The van der Waals surface area contributed by atoms with Crippen LogP contribution >= 0.6 is 0 Å². The van der Waals surface area contributed by atoms with Crippen molar-refractivity contribution >= 4 is 0 Å². The molecule has 4 nitrogen and oxygen atoms in total. The molecule has 0 spiro atoms. The maximum Gasteiger partial charge on any atom is 0.573 e. The van der Waals surface area contributed by atoms with Gasteiger partial charge in [-0.3, -0.25) is 35.4 Å². The minimum atomic E-state index is -5.04. The van der Waals surface area contributed by atoms with Crippen LogP contribution in [-0.4, -0.2) is 19.6 Å². The van der Waals surface area contributed by atoms with Crippen molar-refractivity contribution in [1.82, 2.24) is 0 Å². The average Bonchev–Trinajstić information content (AvgIpc) is 2.94. The van der Waals surface area contributed by atoms with Gasteiger partial charge in [0, 0.05) is 142 Å². The molecule has 0 aromatic heterocycles. The molecule has 1 saturated heterocycles. The van der Waals surface area contributed by atoms with Crippen LogP contribution in [0.4, 0.5) is 30.7 Å². The Balaban J connectivity index is 0.00000264. The van der Waals surface area contributed by atoms with Crippen LogP contribution in [0.5, 0.6) is 11.5 Å². The zero-order chi connectivity index (χ0) is 30.1. The van der Waals surface area contributed by atoms with Crippen LogP contribution in [0.25, 0.3) is 22.3 Å². The fourth-order valence-corrected chi connectivity index (χ4v) is 4.06. The second-order valence-electron chi connectivity index (χ2n) is 9.42. The number of alkyl halides is 5. The van der Waals surface area contributed by atoms with Crippen molar-refractivity contribution in [2.45, 2.75) is 25.7 Å². The molecular weight excluding hydrogens is 925 g/mol. The van der Waals surface area contributed by atoms with Crippen LogP contribution in [-0.2, 0) is 146 Å². The van der Waals surface area contributed by atoms with Gasteiger partial charge in [0.05, 0.1) is 18.8 Å². The number of hydrogen-bond acceptors (Lipinski definition) is 4. The molecule has 0 unspecified atom stereocenters. The summed E-state index contributed by atoms with van der Waals surface area (Å²) in [7, 11) is 0. The Morgan fingerprint density at radius 1 is 0.696 bits per heavy atom. The van der Waals surface area contributed by atoms with Gasteiger partial charge in [-0.1, -0.05) is 19.1 Å². The smallest absolute Gasteiger partial charge is 0.524 e. The third kappa shape index (κ3) is 11.7. The summed E-state index contributed by atoms with van der Waals surface area (Å²) in [6.07, 6.45) is -9.90. The van der Waals surface area contributed by atoms with Crippen molar-refractivity contribution in [2.24, 2.45) is 5.92 Å². The van der Waals surface area contributed by atoms with E-state index >= 15 is 0 Å². The second-order valence-corrected chi connectivity index (χ2v) is 9.42. The Kier molecular flexibility index (Phi) is 18.4. The first-order chi connectivity index (χ1) is 19.9. The van der Waals surface area contributed by atoms with Gasteiger partial charge in [-0.05, 0) is 23.9 Å². The largest absolute Gasteiger partial charge is 0.573 e. The molecule has 1 aliphatic rings. The molecule has 4 aromatic rings. The SMILES string of the molecule is CC1COC(c2ccc(C(F)(F)Oc3c[c-]c(-c4c[c-]c(-c5ccc(OC(F)(F)F)c(F)c5)[c-]c4)[c-]c3)c(F)c2)OC1.[Y].[Y].[Y].[Y]. The van der Waals surface area contributed by atoms with E-state index in [4.69, 9.17) is 14.2 Å². The topological polar surface area (TPSA) is 36.9 Å². The van der Waals surface area contributed by atoms with Gasteiger partial charge in [-0.15, -0.1) is 19.2 Å². The van der Waals surface area contributed by atoms with E-state index in [0.717, 1.165) is 36.4 Å². The standard InChI is InChI=1S/C31H19F7O4.4Y/c1-18-16-39-29(40-17-18)23-8-12-25(26(32)15-23)30(34,35)41-24-10-6-20(7-11-24)19-2-4-21(5-3-19)22-9-13-28(27(33)14-22)42-31(36,37)38;;;;/h2-3,8-15,18,29H,16-17H2,1H3;;;;/q-4;;;;. The summed E-state index contributed by atoms with van der Waals surface area (Å²) < 4.78 is 115. The van der Waals surface area contributed by atoms with Gasteiger partial charge < -0.3 is 18.9 Å². The fraction of sp³-hybridized carbons (Fsp3) is 0.226. The first-order valence-corrected chi connectivity index (χ1v) is 12.4. The van der Waals surface area contributed by atoms with Crippen molar-refractivity contribution in [3.8, 4) is 33.8 Å². The van der Waals surface area contributed by atoms with Gasteiger partial charge in [-0.2, -0.15) is 26.5 Å². The van der Waals surface area contributed by atoms with E-state index in [0.29, 0.717) is 24.3 Å². The van der Waals surface area contributed by atoms with E-state index in [1.807, 2.05) is 6.92 Å². The first kappa shape index (κ1) is 44.3. The van der Waals surface area contributed by atoms with Crippen molar-refractivity contribution in [1.29, 1.82) is 0 Å². The van der Waals surface area contributed by atoms with E-state index in [9.17, 15) is 30.7 Å². The quantitative estimate of drug-likeness (QED) is 0.139. The van der Waals surface area contributed by atoms with Gasteiger partial charge in [-0.25, -0.2) is 26.5 Å². The molecule has 4 aromatic carbocycles. The molecule has 46 heavy (non-hydrogen) atoms. The summed E-state index contributed by atoms with van der Waals surface area (Å²) in [5, 5.41) is 0. The maximum absolute atomic E-state index is 14.8. The Labute approximate surface area is 361 Å². The zero-order valence-corrected chi connectivity index (χ0v) is 35.3. The fourth-order valence-electron chi connectivity index (χ4n) is 4.06. The molecule has 1 heterocycles. The monoisotopic (exact) mass is 944 g/mol. The van der Waals surface area contributed by atoms with Crippen molar-refractivity contribution < 1.29 is 181 Å². The maximum atomic E-state index is 14.8. The van der Waals surface area contributed by atoms with Crippen LogP contribution in [0.15, 0.2) is 60.7 Å². The predicted molar refractivity (Wildman–Crippen MR) is 134 cm³/mol. The number of hydrogen-bond donors (Lipinski definition) is 0. The average molecular weight is 944 g/mol. The zero-order valence-electron chi connectivity index (χ0n) is 23.9. The van der Waals surface area contributed by atoms with Crippen molar-refractivity contribution in [3.05, 3.63) is 108 Å². The molecule has 15 heteroatoms. The predicted octanol–water partition coefficient (Wildman–Crippen LogP) is 8.20. The third-order valence-electron chi connectivity index (χ3n) is 6.09. The number of halogens is 7. The summed E-state index contributed by atoms with van der Waals surface area (Å²) in [6, 6.07) is 22.3. The number of benzene rings is 4. The summed E-state index contributed by atoms with van der Waals surface area (Å²) in [4.78, 5) is 0. The van der Waals surface area contributed by atoms with Crippen molar-refractivity contribution in [3.63, 3.8) is 0 Å². The first-order valence-electron chi connectivity index (χ1n) is 12.4. The molecule has 0 atom stereocenters. The molecule has 0 aliphatic carbocycles. The van der Waals surface area contributed by atoms with Crippen LogP contribution in [0, 0.1) is 41.8 Å². The van der Waals surface area contributed by atoms with E-state index in [2.05, 4.69) is 29.0 Å². The summed E-state index contributed by atoms with van der Waals surface area (Å²) >= 11 is 0. The van der Waals surface area contributed by atoms with E-state index < -0.39 is 41.7 Å². The van der Waals surface area contributed by atoms with Crippen LogP contribution < -0.4 is 9.47 Å². The Morgan fingerprint density at radius 3 is 1.80 bits per heavy atom. The van der Waals surface area contributed by atoms with Gasteiger partial charge in [0.2, 0.25) is 0 Å². The normalized spacial score (nSPS) is 16.1. The Morgan fingerprint density at radius 2 is 1.26 bits per heavy atom.